The van der Waals surface area contributed by atoms with Gasteiger partial charge in [-0.1, -0.05) is 6.58 Å². The number of ether oxygens (including phenoxy) is 1. The zero-order chi connectivity index (χ0) is 8.15. The first kappa shape index (κ1) is 8.95. The zero-order valence-corrected chi connectivity index (χ0v) is 6.60. The quantitative estimate of drug-likeness (QED) is 0.338. The van der Waals surface area contributed by atoms with Crippen molar-refractivity contribution in [3.63, 3.8) is 0 Å². The van der Waals surface area contributed by atoms with Crippen molar-refractivity contribution in [2.45, 2.75) is 13.8 Å². The first-order valence-corrected chi connectivity index (χ1v) is 3.00. The van der Waals surface area contributed by atoms with Crippen molar-refractivity contribution in [2.75, 3.05) is 7.11 Å². The summed E-state index contributed by atoms with van der Waals surface area (Å²) in [5.41, 5.74) is 0.472. The van der Waals surface area contributed by atoms with Gasteiger partial charge in [-0.3, -0.25) is 4.79 Å². The van der Waals surface area contributed by atoms with Gasteiger partial charge in [0.05, 0.1) is 12.9 Å². The highest BCUT2D eigenvalue weighted by Gasteiger charge is 1.95. The van der Waals surface area contributed by atoms with Gasteiger partial charge in [0.25, 0.3) is 0 Å². The molecule has 0 radical (unpaired) electrons. The molecule has 56 valence electrons. The molecule has 2 heteroatoms. The van der Waals surface area contributed by atoms with Crippen molar-refractivity contribution >= 4 is 5.78 Å². The summed E-state index contributed by atoms with van der Waals surface area (Å²) >= 11 is 0. The summed E-state index contributed by atoms with van der Waals surface area (Å²) in [6.07, 6.45) is 1.61. The van der Waals surface area contributed by atoms with Crippen molar-refractivity contribution in [2.24, 2.45) is 0 Å². The van der Waals surface area contributed by atoms with Crippen LogP contribution in [0.5, 0.6) is 0 Å². The van der Waals surface area contributed by atoms with Crippen LogP contribution in [-0.2, 0) is 9.53 Å². The second-order valence-corrected chi connectivity index (χ2v) is 2.04. The van der Waals surface area contributed by atoms with Crippen molar-refractivity contribution in [1.82, 2.24) is 0 Å². The molecule has 0 bridgehead atoms. The van der Waals surface area contributed by atoms with Gasteiger partial charge < -0.3 is 4.74 Å². The van der Waals surface area contributed by atoms with E-state index in [1.807, 2.05) is 0 Å². The van der Waals surface area contributed by atoms with Gasteiger partial charge in [-0.05, 0) is 19.9 Å². The van der Waals surface area contributed by atoms with E-state index in [2.05, 4.69) is 6.58 Å². The highest BCUT2D eigenvalue weighted by molar-refractivity contribution is 5.95. The van der Waals surface area contributed by atoms with Gasteiger partial charge in [0, 0.05) is 5.57 Å². The van der Waals surface area contributed by atoms with Crippen molar-refractivity contribution in [3.05, 3.63) is 24.0 Å². The van der Waals surface area contributed by atoms with E-state index in [4.69, 9.17) is 4.74 Å². The number of Topliss-reactive ketones (excluding diaryl/α,β-unsaturated/α-hetero) is 1. The number of carbonyl (C=O) groups excluding carboxylic acids is 1. The van der Waals surface area contributed by atoms with E-state index in [0.29, 0.717) is 11.3 Å². The van der Waals surface area contributed by atoms with Crippen LogP contribution < -0.4 is 0 Å². The molecule has 0 spiro atoms. The molecule has 0 heterocycles. The minimum atomic E-state index is -0.0311. The summed E-state index contributed by atoms with van der Waals surface area (Å²) < 4.78 is 4.82. The van der Waals surface area contributed by atoms with E-state index in [-0.39, 0.29) is 5.78 Å². The molecule has 0 amide bonds. The van der Waals surface area contributed by atoms with Gasteiger partial charge >= 0.3 is 0 Å². The van der Waals surface area contributed by atoms with E-state index < -0.39 is 0 Å². The Bertz CT molecular complexity index is 178. The topological polar surface area (TPSA) is 26.3 Å². The third kappa shape index (κ3) is 3.07. The van der Waals surface area contributed by atoms with Crippen LogP contribution in [0.3, 0.4) is 0 Å². The predicted octanol–water partition coefficient (Wildman–Crippen LogP) is 1.68. The highest BCUT2D eigenvalue weighted by atomic mass is 16.5. The lowest BCUT2D eigenvalue weighted by Gasteiger charge is -1.97. The van der Waals surface area contributed by atoms with E-state index in [0.717, 1.165) is 0 Å². The summed E-state index contributed by atoms with van der Waals surface area (Å²) in [5, 5.41) is 0. The number of carbonyl (C=O) groups is 1. The molecule has 0 saturated heterocycles. The van der Waals surface area contributed by atoms with E-state index in [9.17, 15) is 4.79 Å². The molecule has 0 aliphatic carbocycles. The van der Waals surface area contributed by atoms with Crippen molar-refractivity contribution in [1.29, 1.82) is 0 Å². The van der Waals surface area contributed by atoms with Gasteiger partial charge in [0.15, 0.2) is 5.78 Å². The minimum absolute atomic E-state index is 0.0311. The summed E-state index contributed by atoms with van der Waals surface area (Å²) in [6, 6.07) is 0. The maximum absolute atomic E-state index is 10.6. The number of allylic oxidation sites excluding steroid dienone is 3. The van der Waals surface area contributed by atoms with Crippen LogP contribution >= 0.6 is 0 Å². The zero-order valence-electron chi connectivity index (χ0n) is 6.60. The van der Waals surface area contributed by atoms with Gasteiger partial charge in [-0.2, -0.15) is 0 Å². The third-order valence-electron chi connectivity index (χ3n) is 1.15. The molecular weight excluding hydrogens is 128 g/mol. The smallest absolute Gasteiger partial charge is 0.159 e. The molecule has 10 heavy (non-hydrogen) atoms. The molecule has 0 aromatic carbocycles. The molecule has 0 rings (SSSR count). The predicted molar refractivity (Wildman–Crippen MR) is 40.6 cm³/mol. The van der Waals surface area contributed by atoms with Gasteiger partial charge in [-0.25, -0.2) is 0 Å². The Balaban J connectivity index is 4.13. The molecule has 0 aromatic rings. The van der Waals surface area contributed by atoms with E-state index in [1.165, 1.54) is 6.92 Å². The first-order chi connectivity index (χ1) is 4.57. The normalized spacial score (nSPS) is 10.9. The largest absolute Gasteiger partial charge is 0.501 e. The Morgan fingerprint density at radius 3 is 2.30 bits per heavy atom. The molecule has 0 aliphatic heterocycles. The van der Waals surface area contributed by atoms with Gasteiger partial charge in [0.2, 0.25) is 0 Å². The summed E-state index contributed by atoms with van der Waals surface area (Å²) in [4.78, 5) is 10.6. The number of hydrogen-bond donors (Lipinski definition) is 0. The third-order valence-corrected chi connectivity index (χ3v) is 1.15. The molecule has 0 atom stereocenters. The van der Waals surface area contributed by atoms with E-state index in [1.54, 1.807) is 20.1 Å². The molecule has 0 N–H and O–H groups in total. The van der Waals surface area contributed by atoms with Crippen LogP contribution in [0.25, 0.3) is 0 Å². The standard InChI is InChI=1S/C8H12O2/c1-6(8(3)9)5-7(2)10-4/h5H,1H2,2-4H3. The van der Waals surface area contributed by atoms with Gasteiger partial charge in [-0.15, -0.1) is 0 Å². The molecule has 0 aliphatic rings. The van der Waals surface area contributed by atoms with Gasteiger partial charge in [0.1, 0.15) is 0 Å². The van der Waals surface area contributed by atoms with Crippen LogP contribution in [0.1, 0.15) is 13.8 Å². The maximum atomic E-state index is 10.6. The molecule has 2 nitrogen and oxygen atoms in total. The lowest BCUT2D eigenvalue weighted by molar-refractivity contribution is -0.113. The fourth-order valence-electron chi connectivity index (χ4n) is 0.406. The average molecular weight is 140 g/mol. The van der Waals surface area contributed by atoms with E-state index >= 15 is 0 Å². The van der Waals surface area contributed by atoms with Crippen molar-refractivity contribution < 1.29 is 9.53 Å². The average Bonchev–Trinajstić information content (AvgIpc) is 1.87. The van der Waals surface area contributed by atoms with Crippen LogP contribution in [-0.4, -0.2) is 12.9 Å². The lowest BCUT2D eigenvalue weighted by Crippen LogP contribution is -1.92. The summed E-state index contributed by atoms with van der Waals surface area (Å²) in [7, 11) is 1.55. The molecule has 0 fully saturated rings. The summed E-state index contributed by atoms with van der Waals surface area (Å²) in [5.74, 6) is 0.664. The second-order valence-electron chi connectivity index (χ2n) is 2.04. The number of rotatable bonds is 3. The Kier molecular flexibility index (Phi) is 3.47. The Labute approximate surface area is 61.2 Å². The number of methoxy groups -OCH3 is 1. The lowest BCUT2D eigenvalue weighted by atomic mass is 10.2. The Morgan fingerprint density at radius 2 is 2.00 bits per heavy atom. The summed E-state index contributed by atoms with van der Waals surface area (Å²) in [6.45, 7) is 6.78. The Morgan fingerprint density at radius 1 is 1.50 bits per heavy atom. The highest BCUT2D eigenvalue weighted by Crippen LogP contribution is 2.00. The molecule has 0 aromatic heterocycles. The van der Waals surface area contributed by atoms with Crippen LogP contribution in [0.4, 0.5) is 0 Å². The monoisotopic (exact) mass is 140 g/mol. The molecule has 0 unspecified atom stereocenters. The second kappa shape index (κ2) is 3.88. The molecular formula is C8H12O2. The maximum Gasteiger partial charge on any atom is 0.159 e. The van der Waals surface area contributed by atoms with Crippen molar-refractivity contribution in [3.8, 4) is 0 Å². The minimum Gasteiger partial charge on any atom is -0.501 e. The van der Waals surface area contributed by atoms with Crippen LogP contribution in [0, 0.1) is 0 Å². The Hall–Kier alpha value is -1.05. The molecule has 0 saturated carbocycles. The number of hydrogen-bond acceptors (Lipinski definition) is 2. The fourth-order valence-corrected chi connectivity index (χ4v) is 0.406. The number of ketones is 1. The van der Waals surface area contributed by atoms with Crippen LogP contribution in [0.15, 0.2) is 24.0 Å². The SMILES string of the molecule is C=C(C=C(C)OC)C(C)=O. The fraction of sp³-hybridized carbons (Fsp3) is 0.375. The first-order valence-electron chi connectivity index (χ1n) is 3.00. The van der Waals surface area contributed by atoms with Crippen LogP contribution in [0.2, 0.25) is 0 Å².